The summed E-state index contributed by atoms with van der Waals surface area (Å²) in [6.45, 7) is 30.3. The highest BCUT2D eigenvalue weighted by molar-refractivity contribution is 9.09. The van der Waals surface area contributed by atoms with Gasteiger partial charge in [0.2, 0.25) is 0 Å². The quantitative estimate of drug-likeness (QED) is 0.0517. The summed E-state index contributed by atoms with van der Waals surface area (Å²) in [5.41, 5.74) is 5.64. The third kappa shape index (κ3) is 18.5. The molecule has 0 unspecified atom stereocenters. The van der Waals surface area contributed by atoms with Crippen molar-refractivity contribution in [3.05, 3.63) is 42.0 Å². The van der Waals surface area contributed by atoms with E-state index >= 15 is 0 Å². The molecule has 0 spiro atoms. The molecule has 16 fully saturated rings. The number of hydrogen-bond acceptors (Lipinski definition) is 19. The summed E-state index contributed by atoms with van der Waals surface area (Å²) in [5, 5.41) is 70.5. The van der Waals surface area contributed by atoms with Crippen LogP contribution in [0.4, 0.5) is 0 Å². The molecule has 0 aliphatic heterocycles. The van der Waals surface area contributed by atoms with E-state index in [1.165, 1.54) is 154 Å². The van der Waals surface area contributed by atoms with E-state index in [-0.39, 0.29) is 93.9 Å². The molecular formula is C120H188BrN9O13. The molecule has 4 N–H and O–H groups in total. The van der Waals surface area contributed by atoms with Crippen molar-refractivity contribution in [2.45, 2.75) is 419 Å². The number of methoxy groups -OCH3 is 5. The van der Waals surface area contributed by atoms with Gasteiger partial charge in [0.1, 0.15) is 42.2 Å². The van der Waals surface area contributed by atoms with Crippen LogP contribution in [-0.2, 0) is 38.8 Å². The first-order valence-corrected chi connectivity index (χ1v) is 56.7. The number of aryl methyl sites for hydroxylation is 1. The normalized spacial score (nSPS) is 41.8. The molecule has 6 aromatic rings. The summed E-state index contributed by atoms with van der Waals surface area (Å²) in [5.74, 6) is 16.4. The SMILES string of the molecule is C.C.C.C.CC[C@]12CC[C@@](C)(O)C[C@@H]1CC[C@H]1[C@@H]3CC[C@H](C(=O)CBr)[C@@]3(C)CC[C@@H]12.CC[C@]12CC[C@@](C)(O)C[C@@H]1CC[C@H]1[C@@H]3CC[C@H](C(=O)Cn4nc5ccc(OC)c(OC)c5n4)[C@@]3(C)CC[C@@H]12.CC[C@]12CC[C@@](C)(O)C[C@@H]1CC[C@H]1[C@@H]3CC[C@H](C(=O)Cn4nnc5c(OC)c(OC)ccc54)[C@@]3(C)CC[C@@H]12.CC[C@]12CC[C@@](C)(O)C[C@@H]1CC[C@H]1[C@@H]3CC[C@H](C(=O)Cn4nnc5ccc(OC)c(C)c54)[C@@]3(C)CC[C@@H]12. The Morgan fingerprint density at radius 2 is 0.671 bits per heavy atom. The standard InChI is InChI=1S/2C31H45N3O4.C31H45N3O3.C23H37BrO2.4CH4/c1-6-31-16-15-29(2,36)17-19(31)7-8-20-21-9-10-23(30(21,3)14-13-22(20)31)25(35)18-34-24-11-12-26(37-4)28(38-5)27(24)32-33-34;1-6-31-16-15-29(2,36)17-19(31)7-8-20-21-9-10-23(30(21,3)14-13-22(20)31)25(35)18-34-32-24-11-12-26(37-4)28(38-5)27(24)33-34;1-6-31-16-15-29(3,36)17-20(31)7-8-21-22-9-10-24(30(22,4)14-13-23(21)31)26(35)18-34-28-19(2)27(37-5)12-11-25(28)32-33-34;1-4-23-12-11-21(2,26)13-15(23)5-6-16-17-7-8-19(20(25)14-24)22(17,3)10-9-18(16)23;;;;/h2*11-12,19-23,36H,6-10,13-18H2,1-5H3;11-12,20-24,36H,6-10,13-18H2,1-5H3;15-19,26H,4-14H2,1-3H3;4*1H4/t2*19-,20-,21-,22-,23+,29+,30-,31-;20-,21-,22-,23-,24+,29+,30-,31-;15-,16-,17-,18-,19+,21+,22-,23-;;;;/m0000..../s1. The largest absolute Gasteiger partial charge is 0.496 e. The number of aromatic nitrogens is 9. The Kier molecular flexibility index (Phi) is 32.3. The van der Waals surface area contributed by atoms with Gasteiger partial charge in [0.05, 0.1) is 74.3 Å². The van der Waals surface area contributed by atoms with Crippen LogP contribution in [-0.4, -0.2) is 152 Å². The molecular weight excluding hydrogens is 1860 g/mol. The number of rotatable bonds is 20. The van der Waals surface area contributed by atoms with Gasteiger partial charge in [0.25, 0.3) is 0 Å². The van der Waals surface area contributed by atoms with Gasteiger partial charge < -0.3 is 44.1 Å². The number of Topliss-reactive ketones (excluding diaryl/α,β-unsaturated/α-hetero) is 4. The van der Waals surface area contributed by atoms with Crippen molar-refractivity contribution in [3.8, 4) is 28.7 Å². The van der Waals surface area contributed by atoms with Crippen LogP contribution in [0, 0.1) is 169 Å². The summed E-state index contributed by atoms with van der Waals surface area (Å²) in [6.07, 6.45) is 46.2. The number of halogens is 1. The second kappa shape index (κ2) is 41.6. The van der Waals surface area contributed by atoms with Crippen LogP contribution >= 0.6 is 15.9 Å². The maximum Gasteiger partial charge on any atom is 0.190 e. The lowest BCUT2D eigenvalue weighted by molar-refractivity contribution is -0.158. The van der Waals surface area contributed by atoms with Crippen molar-refractivity contribution in [1.82, 2.24) is 45.0 Å². The monoisotopic (exact) mass is 2040 g/mol. The highest BCUT2D eigenvalue weighted by Gasteiger charge is 2.69. The van der Waals surface area contributed by atoms with Gasteiger partial charge in [-0.25, -0.2) is 9.36 Å². The lowest BCUT2D eigenvalue weighted by atomic mass is 9.42. The molecule has 3 heterocycles. The van der Waals surface area contributed by atoms with Crippen LogP contribution < -0.4 is 23.7 Å². The predicted molar refractivity (Wildman–Crippen MR) is 573 cm³/mol. The lowest BCUT2D eigenvalue weighted by Crippen LogP contribution is -2.56. The van der Waals surface area contributed by atoms with E-state index in [0.29, 0.717) is 138 Å². The van der Waals surface area contributed by atoms with E-state index in [0.717, 1.165) is 178 Å². The molecule has 3 aromatic carbocycles. The van der Waals surface area contributed by atoms with Crippen LogP contribution in [0.25, 0.3) is 33.1 Å². The fourth-order valence-corrected chi connectivity index (χ4v) is 39.6. The number of aliphatic hydroxyl groups is 4. The number of benzene rings is 3. The minimum atomic E-state index is -0.495. The second-order valence-corrected chi connectivity index (χ2v) is 51.8. The number of nitrogens with zero attached hydrogens (tertiary/aromatic N) is 9. The first kappa shape index (κ1) is 111. The summed E-state index contributed by atoms with van der Waals surface area (Å²) in [6, 6.07) is 11.3. The van der Waals surface area contributed by atoms with E-state index in [4.69, 9.17) is 23.7 Å². The molecule has 3 aromatic heterocycles. The Bertz CT molecular complexity index is 5510. The lowest BCUT2D eigenvalue weighted by Gasteiger charge is -2.63. The van der Waals surface area contributed by atoms with E-state index in [2.05, 4.69) is 123 Å². The zero-order valence-corrected chi connectivity index (χ0v) is 89.6. The van der Waals surface area contributed by atoms with Gasteiger partial charge in [-0.3, -0.25) is 19.2 Å². The molecule has 16 aliphatic carbocycles. The molecule has 0 saturated heterocycles. The Morgan fingerprint density at radius 1 is 0.350 bits per heavy atom. The van der Waals surface area contributed by atoms with Crippen LogP contribution in [0.1, 0.15) is 375 Å². The fraction of sp³-hybridized carbons (Fsp3) is 0.817. The Hall–Kier alpha value is -6.14. The zero-order valence-electron chi connectivity index (χ0n) is 88.0. The van der Waals surface area contributed by atoms with E-state index < -0.39 is 22.4 Å². The fourth-order valence-electron chi connectivity index (χ4n) is 39.2. The number of ether oxygens (including phenoxy) is 5. The first-order chi connectivity index (χ1) is 66.2. The Balaban J connectivity index is 0.000000144. The van der Waals surface area contributed by atoms with Crippen molar-refractivity contribution in [3.63, 3.8) is 0 Å². The second-order valence-electron chi connectivity index (χ2n) is 51.3. The van der Waals surface area contributed by atoms with Gasteiger partial charge in [0, 0.05) is 29.2 Å². The smallest absolute Gasteiger partial charge is 0.190 e. The number of hydrogen-bond donors (Lipinski definition) is 4. The van der Waals surface area contributed by atoms with Gasteiger partial charge in [0.15, 0.2) is 51.4 Å². The average Bonchev–Trinajstić information content (AvgIpc) is 1.68. The minimum Gasteiger partial charge on any atom is -0.496 e. The first-order valence-electron chi connectivity index (χ1n) is 55.6. The van der Waals surface area contributed by atoms with Crippen LogP contribution in [0.2, 0.25) is 0 Å². The van der Waals surface area contributed by atoms with Crippen molar-refractivity contribution in [2.24, 2.45) is 162 Å². The van der Waals surface area contributed by atoms with Crippen molar-refractivity contribution >= 4 is 72.2 Å². The molecule has 798 valence electrons. The summed E-state index contributed by atoms with van der Waals surface area (Å²) >= 11 is 3.44. The Morgan fingerprint density at radius 3 is 1.02 bits per heavy atom. The highest BCUT2D eigenvalue weighted by Crippen LogP contribution is 2.75. The number of alkyl halides is 1. The molecule has 0 radical (unpaired) electrons. The maximum absolute atomic E-state index is 13.9. The molecule has 143 heavy (non-hydrogen) atoms. The number of carbonyl (C=O) groups excluding carboxylic acids is 4. The van der Waals surface area contributed by atoms with Crippen molar-refractivity contribution < 1.29 is 63.3 Å². The number of fused-ring (bicyclic) bond motifs is 23. The average molecular weight is 2040 g/mol. The number of ketones is 4. The van der Waals surface area contributed by atoms with E-state index in [9.17, 15) is 39.6 Å². The Labute approximate surface area is 866 Å². The van der Waals surface area contributed by atoms with Gasteiger partial charge >= 0.3 is 0 Å². The molecule has 22 rings (SSSR count). The van der Waals surface area contributed by atoms with Crippen molar-refractivity contribution in [1.29, 1.82) is 0 Å². The van der Waals surface area contributed by atoms with Crippen LogP contribution in [0.5, 0.6) is 28.7 Å². The molecule has 16 aliphatic rings. The molecule has 16 saturated carbocycles. The third-order valence-corrected chi connectivity index (χ3v) is 46.5. The summed E-state index contributed by atoms with van der Waals surface area (Å²) in [4.78, 5) is 55.8. The third-order valence-electron chi connectivity index (χ3n) is 45.9. The predicted octanol–water partition coefficient (Wildman–Crippen LogP) is 26.0. The van der Waals surface area contributed by atoms with Gasteiger partial charge in [-0.2, -0.15) is 9.90 Å². The molecule has 0 amide bonds. The molecule has 0 bridgehead atoms. The highest BCUT2D eigenvalue weighted by atomic mass is 79.9. The number of carbonyl (C=O) groups is 4. The van der Waals surface area contributed by atoms with Gasteiger partial charge in [-0.05, 0) is 466 Å². The van der Waals surface area contributed by atoms with Crippen LogP contribution in [0.3, 0.4) is 0 Å². The summed E-state index contributed by atoms with van der Waals surface area (Å²) < 4.78 is 30.9. The molecule has 32 atom stereocenters. The van der Waals surface area contributed by atoms with Crippen molar-refractivity contribution in [2.75, 3.05) is 40.9 Å². The van der Waals surface area contributed by atoms with Gasteiger partial charge in [-0.1, -0.05) is 111 Å². The molecule has 23 heteroatoms. The van der Waals surface area contributed by atoms with Gasteiger partial charge in [-0.15, -0.1) is 15.3 Å². The maximum atomic E-state index is 13.9. The van der Waals surface area contributed by atoms with E-state index in [1.807, 2.05) is 54.9 Å². The summed E-state index contributed by atoms with van der Waals surface area (Å²) in [7, 11) is 8.09. The molecule has 22 nitrogen and oxygen atoms in total. The minimum absolute atomic E-state index is 0. The van der Waals surface area contributed by atoms with Crippen LogP contribution in [0.15, 0.2) is 36.4 Å². The van der Waals surface area contributed by atoms with E-state index in [1.54, 1.807) is 45.0 Å². The topological polar surface area (TPSA) is 287 Å². The zero-order chi connectivity index (χ0) is 98.7.